The van der Waals surface area contributed by atoms with Crippen LogP contribution in [0.5, 0.6) is 0 Å². The quantitative estimate of drug-likeness (QED) is 0.569. The number of hydrogen-bond acceptors (Lipinski definition) is 1. The summed E-state index contributed by atoms with van der Waals surface area (Å²) in [7, 11) is 1.97. The molecule has 1 N–H and O–H groups in total. The lowest BCUT2D eigenvalue weighted by Crippen LogP contribution is -2.24. The van der Waals surface area contributed by atoms with E-state index in [4.69, 9.17) is 6.42 Å². The first kappa shape index (κ1) is 9.52. The van der Waals surface area contributed by atoms with E-state index in [1.165, 1.54) is 0 Å². The molecule has 0 aliphatic rings. The van der Waals surface area contributed by atoms with Gasteiger partial charge in [-0.1, -0.05) is 13.3 Å². The second kappa shape index (κ2) is 6.64. The van der Waals surface area contributed by atoms with Crippen molar-refractivity contribution in [3.05, 3.63) is 6.92 Å². The van der Waals surface area contributed by atoms with Gasteiger partial charge in [0.05, 0.1) is 0 Å². The molecule has 0 amide bonds. The SMILES string of the molecule is C#CCCC(CC[CH2])NC. The van der Waals surface area contributed by atoms with E-state index in [2.05, 4.69) is 18.2 Å². The summed E-state index contributed by atoms with van der Waals surface area (Å²) < 4.78 is 0. The molecule has 0 spiro atoms. The molecule has 0 saturated carbocycles. The molecule has 0 aliphatic heterocycles. The first-order chi connectivity index (χ1) is 4.85. The lowest BCUT2D eigenvalue weighted by molar-refractivity contribution is 0.499. The molecule has 57 valence electrons. The molecule has 1 radical (unpaired) electrons. The minimum atomic E-state index is 0.563. The second-order valence-electron chi connectivity index (χ2n) is 2.37. The summed E-state index contributed by atoms with van der Waals surface area (Å²) in [6, 6.07) is 0.563. The van der Waals surface area contributed by atoms with Crippen LogP contribution in [0.2, 0.25) is 0 Å². The summed E-state index contributed by atoms with van der Waals surface area (Å²) in [6.07, 6.45) is 9.18. The maximum Gasteiger partial charge on any atom is 0.0101 e. The van der Waals surface area contributed by atoms with Crippen LogP contribution in [-0.2, 0) is 0 Å². The molecule has 1 unspecified atom stereocenters. The van der Waals surface area contributed by atoms with Gasteiger partial charge < -0.3 is 5.32 Å². The topological polar surface area (TPSA) is 12.0 Å². The highest BCUT2D eigenvalue weighted by atomic mass is 14.9. The Morgan fingerprint density at radius 3 is 2.70 bits per heavy atom. The average Bonchev–Trinajstić information content (AvgIpc) is 1.98. The van der Waals surface area contributed by atoms with Gasteiger partial charge in [0.15, 0.2) is 0 Å². The van der Waals surface area contributed by atoms with Crippen LogP contribution in [0.4, 0.5) is 0 Å². The Morgan fingerprint density at radius 2 is 2.30 bits per heavy atom. The summed E-state index contributed by atoms with van der Waals surface area (Å²) in [4.78, 5) is 0. The van der Waals surface area contributed by atoms with E-state index in [0.29, 0.717) is 6.04 Å². The molecular weight excluding hydrogens is 122 g/mol. The van der Waals surface area contributed by atoms with Crippen LogP contribution in [0.25, 0.3) is 0 Å². The standard InChI is InChI=1S/C9H16N/c1-4-6-8-9(10-3)7-5-2/h1,9-10H,2,5-8H2,3H3. The number of hydrogen-bond donors (Lipinski definition) is 1. The zero-order chi connectivity index (χ0) is 7.82. The van der Waals surface area contributed by atoms with E-state index in [9.17, 15) is 0 Å². The highest BCUT2D eigenvalue weighted by Gasteiger charge is 2.01. The van der Waals surface area contributed by atoms with Gasteiger partial charge in [-0.05, 0) is 19.9 Å². The molecule has 0 bridgehead atoms. The van der Waals surface area contributed by atoms with Gasteiger partial charge in [0.1, 0.15) is 0 Å². The number of nitrogens with one attached hydrogen (secondary N) is 1. The molecule has 0 aromatic heterocycles. The fourth-order valence-electron chi connectivity index (χ4n) is 0.937. The van der Waals surface area contributed by atoms with Crippen LogP contribution >= 0.6 is 0 Å². The Hall–Kier alpha value is -0.480. The van der Waals surface area contributed by atoms with Gasteiger partial charge in [-0.15, -0.1) is 12.3 Å². The van der Waals surface area contributed by atoms with E-state index < -0.39 is 0 Å². The smallest absolute Gasteiger partial charge is 0.0101 e. The van der Waals surface area contributed by atoms with Crippen LogP contribution < -0.4 is 5.32 Å². The van der Waals surface area contributed by atoms with Gasteiger partial charge in [0.2, 0.25) is 0 Å². The lowest BCUT2D eigenvalue weighted by Gasteiger charge is -2.12. The summed E-state index contributed by atoms with van der Waals surface area (Å²) in [5.41, 5.74) is 0. The first-order valence-electron chi connectivity index (χ1n) is 3.75. The van der Waals surface area contributed by atoms with E-state index in [1.807, 2.05) is 7.05 Å². The third-order valence-corrected chi connectivity index (χ3v) is 1.60. The molecule has 0 rings (SSSR count). The van der Waals surface area contributed by atoms with Crippen molar-refractivity contribution in [1.29, 1.82) is 0 Å². The monoisotopic (exact) mass is 138 g/mol. The van der Waals surface area contributed by atoms with Crippen molar-refractivity contribution in [2.24, 2.45) is 0 Å². The van der Waals surface area contributed by atoms with Gasteiger partial charge >= 0.3 is 0 Å². The zero-order valence-corrected chi connectivity index (χ0v) is 6.69. The van der Waals surface area contributed by atoms with Crippen molar-refractivity contribution < 1.29 is 0 Å². The molecule has 10 heavy (non-hydrogen) atoms. The molecule has 1 nitrogen and oxygen atoms in total. The Bertz CT molecular complexity index is 102. The molecule has 1 heteroatoms. The van der Waals surface area contributed by atoms with Crippen LogP contribution in [0.3, 0.4) is 0 Å². The normalized spacial score (nSPS) is 12.5. The van der Waals surface area contributed by atoms with Crippen molar-refractivity contribution in [3.63, 3.8) is 0 Å². The van der Waals surface area contributed by atoms with Gasteiger partial charge in [-0.2, -0.15) is 0 Å². The van der Waals surface area contributed by atoms with Crippen molar-refractivity contribution in [2.75, 3.05) is 7.05 Å². The largest absolute Gasteiger partial charge is 0.317 e. The molecule has 1 atom stereocenters. The minimum absolute atomic E-state index is 0.563. The Labute approximate surface area is 64.2 Å². The molecular formula is C9H16N. The maximum atomic E-state index is 5.13. The van der Waals surface area contributed by atoms with Crippen molar-refractivity contribution >= 4 is 0 Å². The Balaban J connectivity index is 3.32. The summed E-state index contributed by atoms with van der Waals surface area (Å²) in [5.74, 6) is 2.63. The van der Waals surface area contributed by atoms with E-state index in [1.54, 1.807) is 0 Å². The Morgan fingerprint density at radius 1 is 1.60 bits per heavy atom. The lowest BCUT2D eigenvalue weighted by atomic mass is 10.1. The third-order valence-electron chi connectivity index (χ3n) is 1.60. The molecule has 0 aliphatic carbocycles. The average molecular weight is 138 g/mol. The van der Waals surface area contributed by atoms with Crippen LogP contribution in [0.15, 0.2) is 0 Å². The fraction of sp³-hybridized carbons (Fsp3) is 0.667. The predicted molar refractivity (Wildman–Crippen MR) is 45.5 cm³/mol. The van der Waals surface area contributed by atoms with Crippen molar-refractivity contribution in [1.82, 2.24) is 5.32 Å². The first-order valence-corrected chi connectivity index (χ1v) is 3.75. The van der Waals surface area contributed by atoms with Gasteiger partial charge in [-0.25, -0.2) is 0 Å². The summed E-state index contributed by atoms with van der Waals surface area (Å²) >= 11 is 0. The summed E-state index contributed by atoms with van der Waals surface area (Å²) in [5, 5.41) is 3.20. The van der Waals surface area contributed by atoms with Gasteiger partial charge in [0, 0.05) is 12.5 Å². The van der Waals surface area contributed by atoms with Gasteiger partial charge in [0.25, 0.3) is 0 Å². The highest BCUT2D eigenvalue weighted by Crippen LogP contribution is 2.02. The van der Waals surface area contributed by atoms with Crippen LogP contribution in [-0.4, -0.2) is 13.1 Å². The van der Waals surface area contributed by atoms with Crippen LogP contribution in [0, 0.1) is 19.3 Å². The van der Waals surface area contributed by atoms with Gasteiger partial charge in [-0.3, -0.25) is 0 Å². The van der Waals surface area contributed by atoms with Crippen molar-refractivity contribution in [2.45, 2.75) is 31.7 Å². The van der Waals surface area contributed by atoms with Crippen molar-refractivity contribution in [3.8, 4) is 12.3 Å². The maximum absolute atomic E-state index is 5.13. The summed E-state index contributed by atoms with van der Waals surface area (Å²) in [6.45, 7) is 3.79. The fourth-order valence-corrected chi connectivity index (χ4v) is 0.937. The van der Waals surface area contributed by atoms with E-state index in [0.717, 1.165) is 25.7 Å². The molecule has 0 fully saturated rings. The zero-order valence-electron chi connectivity index (χ0n) is 6.69. The molecule has 0 aromatic rings. The minimum Gasteiger partial charge on any atom is -0.317 e. The second-order valence-corrected chi connectivity index (χ2v) is 2.37. The molecule has 0 heterocycles. The van der Waals surface area contributed by atoms with Crippen LogP contribution in [0.1, 0.15) is 25.7 Å². The molecule has 0 saturated heterocycles. The molecule has 0 aromatic carbocycles. The predicted octanol–water partition coefficient (Wildman–Crippen LogP) is 1.60. The highest BCUT2D eigenvalue weighted by molar-refractivity contribution is 4.85. The third kappa shape index (κ3) is 4.40. The Kier molecular flexibility index (Phi) is 6.32. The van der Waals surface area contributed by atoms with E-state index in [-0.39, 0.29) is 0 Å². The number of terminal acetylenes is 1. The number of rotatable bonds is 5. The van der Waals surface area contributed by atoms with E-state index >= 15 is 0 Å².